The molecule has 1 aromatic heterocycles. The summed E-state index contributed by atoms with van der Waals surface area (Å²) < 4.78 is 2.16. The normalized spacial score (nSPS) is 10.3. The van der Waals surface area contributed by atoms with Gasteiger partial charge in [-0.3, -0.25) is 9.36 Å². The number of carboxylic acids is 1. The van der Waals surface area contributed by atoms with Crippen molar-refractivity contribution in [2.45, 2.75) is 6.42 Å². The van der Waals surface area contributed by atoms with Gasteiger partial charge in [0.1, 0.15) is 0 Å². The van der Waals surface area contributed by atoms with E-state index in [9.17, 15) is 9.59 Å². The van der Waals surface area contributed by atoms with Crippen molar-refractivity contribution in [1.82, 2.24) is 4.57 Å². The van der Waals surface area contributed by atoms with Crippen LogP contribution in [0.3, 0.4) is 0 Å². The van der Waals surface area contributed by atoms with Gasteiger partial charge < -0.3 is 5.11 Å². The molecule has 0 spiro atoms. The Morgan fingerprint density at radius 2 is 1.94 bits per heavy atom. The number of nitrogens with zero attached hydrogens (tertiary/aromatic N) is 1. The smallest absolute Gasteiger partial charge is 0.337 e. The number of carbonyl (C=O) groups is 2. The predicted octanol–water partition coefficient (Wildman–Crippen LogP) is 2.83. The summed E-state index contributed by atoms with van der Waals surface area (Å²) in [5.41, 5.74) is 0.976. The Morgan fingerprint density at radius 1 is 1.22 bits per heavy atom. The van der Waals surface area contributed by atoms with Crippen molar-refractivity contribution in [3.8, 4) is 0 Å². The van der Waals surface area contributed by atoms with Crippen LogP contribution in [-0.2, 0) is 6.42 Å². The number of hydrogen-bond donors (Lipinski definition) is 1. The second-order valence-electron chi connectivity index (χ2n) is 3.77. The molecule has 4 nitrogen and oxygen atoms in total. The van der Waals surface area contributed by atoms with Gasteiger partial charge in [0, 0.05) is 16.9 Å². The molecule has 18 heavy (non-hydrogen) atoms. The highest BCUT2D eigenvalue weighted by Crippen LogP contribution is 2.17. The van der Waals surface area contributed by atoms with Crippen LogP contribution >= 0.6 is 15.9 Å². The number of halogens is 1. The van der Waals surface area contributed by atoms with Gasteiger partial charge in [-0.2, -0.15) is 0 Å². The molecular formula is C13H10BrNO3. The lowest BCUT2D eigenvalue weighted by molar-refractivity contribution is 0.0697. The molecule has 0 unspecified atom stereocenters. The van der Waals surface area contributed by atoms with Gasteiger partial charge in [-0.1, -0.05) is 34.1 Å². The van der Waals surface area contributed by atoms with Crippen LogP contribution in [0, 0.1) is 0 Å². The van der Waals surface area contributed by atoms with E-state index in [1.54, 1.807) is 0 Å². The van der Waals surface area contributed by atoms with Crippen LogP contribution in [0.4, 0.5) is 0 Å². The van der Waals surface area contributed by atoms with Crippen molar-refractivity contribution in [3.63, 3.8) is 0 Å². The Hall–Kier alpha value is -1.88. The van der Waals surface area contributed by atoms with Crippen LogP contribution in [0.25, 0.3) is 0 Å². The third-order valence-electron chi connectivity index (χ3n) is 2.53. The number of rotatable bonds is 3. The average Bonchev–Trinajstić information content (AvgIpc) is 2.81. The first-order chi connectivity index (χ1) is 8.58. The molecule has 2 aromatic rings. The molecule has 0 amide bonds. The van der Waals surface area contributed by atoms with Gasteiger partial charge >= 0.3 is 5.97 Å². The molecule has 0 aliphatic heterocycles. The second kappa shape index (κ2) is 5.18. The van der Waals surface area contributed by atoms with E-state index in [2.05, 4.69) is 15.9 Å². The largest absolute Gasteiger partial charge is 0.478 e. The van der Waals surface area contributed by atoms with Crippen molar-refractivity contribution < 1.29 is 14.7 Å². The Balaban J connectivity index is 2.17. The minimum atomic E-state index is -1.04. The predicted molar refractivity (Wildman–Crippen MR) is 69.9 cm³/mol. The highest BCUT2D eigenvalue weighted by atomic mass is 79.9. The van der Waals surface area contributed by atoms with Crippen molar-refractivity contribution in [2.75, 3.05) is 0 Å². The summed E-state index contributed by atoms with van der Waals surface area (Å²) in [5, 5.41) is 8.78. The molecule has 0 saturated carbocycles. The zero-order valence-electron chi connectivity index (χ0n) is 9.34. The van der Waals surface area contributed by atoms with E-state index in [0.29, 0.717) is 0 Å². The molecule has 1 aromatic carbocycles. The first-order valence-corrected chi connectivity index (χ1v) is 6.05. The Morgan fingerprint density at radius 3 is 2.56 bits per heavy atom. The Labute approximate surface area is 112 Å². The zero-order valence-corrected chi connectivity index (χ0v) is 10.9. The first-order valence-electron chi connectivity index (χ1n) is 5.26. The van der Waals surface area contributed by atoms with Crippen molar-refractivity contribution in [1.29, 1.82) is 0 Å². The molecule has 1 N–H and O–H groups in total. The maximum Gasteiger partial charge on any atom is 0.337 e. The van der Waals surface area contributed by atoms with Gasteiger partial charge in [0.25, 0.3) is 0 Å². The summed E-state index contributed by atoms with van der Waals surface area (Å²) >= 11 is 3.37. The van der Waals surface area contributed by atoms with Gasteiger partial charge in [0.05, 0.1) is 12.0 Å². The van der Waals surface area contributed by atoms with Gasteiger partial charge in [-0.05, 0) is 17.7 Å². The summed E-state index contributed by atoms with van der Waals surface area (Å²) in [6.45, 7) is 0. The lowest BCUT2D eigenvalue weighted by Gasteiger charge is -2.04. The minimum Gasteiger partial charge on any atom is -0.478 e. The SMILES string of the molecule is O=C(O)c1ccn(C(=O)Cc2ccccc2Br)c1. The van der Waals surface area contributed by atoms with Crippen LogP contribution in [0.5, 0.6) is 0 Å². The third-order valence-corrected chi connectivity index (χ3v) is 3.30. The number of carboxylic acid groups (broad SMARTS) is 1. The molecule has 1 heterocycles. The molecule has 0 fully saturated rings. The van der Waals surface area contributed by atoms with Gasteiger partial charge in [0.15, 0.2) is 0 Å². The number of aromatic carboxylic acids is 1. The first kappa shape index (κ1) is 12.6. The third kappa shape index (κ3) is 2.68. The van der Waals surface area contributed by atoms with Gasteiger partial charge in [-0.25, -0.2) is 4.79 Å². The Bertz CT molecular complexity index is 604. The molecule has 92 valence electrons. The number of benzene rings is 1. The Kier molecular flexibility index (Phi) is 3.62. The minimum absolute atomic E-state index is 0.107. The summed E-state index contributed by atoms with van der Waals surface area (Å²) in [4.78, 5) is 22.7. The maximum absolute atomic E-state index is 12.0. The van der Waals surface area contributed by atoms with E-state index in [1.807, 2.05) is 24.3 Å². The van der Waals surface area contributed by atoms with E-state index in [1.165, 1.54) is 23.0 Å². The fourth-order valence-electron chi connectivity index (χ4n) is 1.57. The number of carbonyl (C=O) groups excluding carboxylic acids is 1. The molecule has 0 bridgehead atoms. The molecule has 0 radical (unpaired) electrons. The molecule has 2 rings (SSSR count). The molecule has 0 aliphatic rings. The molecular weight excluding hydrogens is 298 g/mol. The van der Waals surface area contributed by atoms with E-state index >= 15 is 0 Å². The van der Waals surface area contributed by atoms with Crippen LogP contribution in [0.15, 0.2) is 47.2 Å². The summed E-state index contributed by atoms with van der Waals surface area (Å²) in [7, 11) is 0. The van der Waals surface area contributed by atoms with E-state index < -0.39 is 5.97 Å². The van der Waals surface area contributed by atoms with Crippen LogP contribution in [0.2, 0.25) is 0 Å². The highest BCUT2D eigenvalue weighted by Gasteiger charge is 2.11. The van der Waals surface area contributed by atoms with Crippen molar-refractivity contribution >= 4 is 27.8 Å². The molecule has 5 heteroatoms. The molecule has 0 atom stereocenters. The van der Waals surface area contributed by atoms with Crippen LogP contribution in [-0.4, -0.2) is 21.6 Å². The monoisotopic (exact) mass is 307 g/mol. The van der Waals surface area contributed by atoms with Crippen LogP contribution in [0.1, 0.15) is 20.7 Å². The molecule has 0 saturated heterocycles. The topological polar surface area (TPSA) is 59.3 Å². The van der Waals surface area contributed by atoms with E-state index in [4.69, 9.17) is 5.11 Å². The number of aromatic nitrogens is 1. The fraction of sp³-hybridized carbons (Fsp3) is 0.0769. The lowest BCUT2D eigenvalue weighted by Crippen LogP contribution is -2.12. The van der Waals surface area contributed by atoms with E-state index in [0.717, 1.165) is 10.0 Å². The number of hydrogen-bond acceptors (Lipinski definition) is 2. The summed E-state index contributed by atoms with van der Waals surface area (Å²) in [6.07, 6.45) is 3.00. The molecule has 0 aliphatic carbocycles. The second-order valence-corrected chi connectivity index (χ2v) is 4.63. The van der Waals surface area contributed by atoms with Crippen LogP contribution < -0.4 is 0 Å². The average molecular weight is 308 g/mol. The highest BCUT2D eigenvalue weighted by molar-refractivity contribution is 9.10. The van der Waals surface area contributed by atoms with E-state index in [-0.39, 0.29) is 17.9 Å². The summed E-state index contributed by atoms with van der Waals surface area (Å²) in [5.74, 6) is -1.21. The van der Waals surface area contributed by atoms with Crippen molar-refractivity contribution in [2.24, 2.45) is 0 Å². The zero-order chi connectivity index (χ0) is 13.1. The quantitative estimate of drug-likeness (QED) is 0.948. The van der Waals surface area contributed by atoms with Gasteiger partial charge in [-0.15, -0.1) is 0 Å². The standard InChI is InChI=1S/C13H10BrNO3/c14-11-4-2-1-3-9(11)7-12(16)15-6-5-10(8-15)13(17)18/h1-6,8H,7H2,(H,17,18). The van der Waals surface area contributed by atoms with Gasteiger partial charge in [0.2, 0.25) is 5.91 Å². The fourth-order valence-corrected chi connectivity index (χ4v) is 2.00. The lowest BCUT2D eigenvalue weighted by atomic mass is 10.1. The van der Waals surface area contributed by atoms with Crippen molar-refractivity contribution in [3.05, 3.63) is 58.3 Å². The maximum atomic E-state index is 12.0. The summed E-state index contributed by atoms with van der Waals surface area (Å²) in [6, 6.07) is 8.84.